The first-order chi connectivity index (χ1) is 16.6. The monoisotopic (exact) mass is 471 g/mol. The van der Waals surface area contributed by atoms with E-state index in [9.17, 15) is 4.39 Å². The van der Waals surface area contributed by atoms with Crippen LogP contribution in [0.25, 0.3) is 0 Å². The molecule has 2 heterocycles. The zero-order valence-electron chi connectivity index (χ0n) is 20.6. The summed E-state index contributed by atoms with van der Waals surface area (Å²) in [6, 6.07) is 5.77. The molecule has 1 aromatic heterocycles. The first kappa shape index (κ1) is 24.4. The van der Waals surface area contributed by atoms with Crippen molar-refractivity contribution in [2.24, 2.45) is 0 Å². The fourth-order valence-electron chi connectivity index (χ4n) is 5.03. The highest BCUT2D eigenvalue weighted by Crippen LogP contribution is 2.27. The molecule has 1 saturated carbocycles. The Morgan fingerprint density at radius 1 is 1.09 bits per heavy atom. The Morgan fingerprint density at radius 2 is 1.85 bits per heavy atom. The van der Waals surface area contributed by atoms with Gasteiger partial charge in [0.05, 0.1) is 7.11 Å². The van der Waals surface area contributed by atoms with Gasteiger partial charge in [0.2, 0.25) is 17.8 Å². The number of halogens is 1. The largest absolute Gasteiger partial charge is 0.494 e. The fraction of sp³-hybridized carbons (Fsp3) is 0.640. The Hall–Kier alpha value is -2.68. The van der Waals surface area contributed by atoms with E-state index in [1.165, 1.54) is 45.3 Å². The Kier molecular flexibility index (Phi) is 8.37. The Labute approximate surface area is 202 Å². The fourth-order valence-corrected chi connectivity index (χ4v) is 5.03. The van der Waals surface area contributed by atoms with E-state index >= 15 is 0 Å². The van der Waals surface area contributed by atoms with Crippen LogP contribution in [0.4, 0.5) is 27.9 Å². The zero-order chi connectivity index (χ0) is 23.9. The van der Waals surface area contributed by atoms with Gasteiger partial charge in [-0.05, 0) is 50.8 Å². The average molecular weight is 472 g/mol. The number of rotatable bonds is 9. The van der Waals surface area contributed by atoms with Crippen molar-refractivity contribution < 1.29 is 9.13 Å². The van der Waals surface area contributed by atoms with E-state index in [1.807, 2.05) is 0 Å². The van der Waals surface area contributed by atoms with Gasteiger partial charge in [0.1, 0.15) is 0 Å². The van der Waals surface area contributed by atoms with Gasteiger partial charge < -0.3 is 25.6 Å². The third-order valence-corrected chi connectivity index (χ3v) is 7.06. The van der Waals surface area contributed by atoms with E-state index in [1.54, 1.807) is 12.1 Å². The summed E-state index contributed by atoms with van der Waals surface area (Å²) in [4.78, 5) is 16.4. The van der Waals surface area contributed by atoms with Crippen molar-refractivity contribution in [3.8, 4) is 5.75 Å². The van der Waals surface area contributed by atoms with Crippen LogP contribution in [0.15, 0.2) is 18.2 Å². The van der Waals surface area contributed by atoms with Crippen LogP contribution in [0.3, 0.4) is 0 Å². The van der Waals surface area contributed by atoms with Gasteiger partial charge in [0, 0.05) is 36.9 Å². The second-order valence-corrected chi connectivity index (χ2v) is 9.38. The smallest absolute Gasteiger partial charge is 0.233 e. The van der Waals surface area contributed by atoms with Crippen LogP contribution in [0, 0.1) is 5.82 Å². The zero-order valence-corrected chi connectivity index (χ0v) is 20.6. The molecule has 3 N–H and O–H groups in total. The third kappa shape index (κ3) is 6.05. The van der Waals surface area contributed by atoms with Gasteiger partial charge in [-0.15, -0.1) is 0 Å². The average Bonchev–Trinajstić information content (AvgIpc) is 3.24. The minimum Gasteiger partial charge on any atom is -0.494 e. The van der Waals surface area contributed by atoms with Crippen LogP contribution in [0.5, 0.6) is 5.75 Å². The molecule has 2 unspecified atom stereocenters. The van der Waals surface area contributed by atoms with E-state index in [0.717, 1.165) is 32.2 Å². The van der Waals surface area contributed by atoms with Gasteiger partial charge in [0.15, 0.2) is 11.6 Å². The number of methoxy groups -OCH3 is 1. The molecule has 1 aliphatic carbocycles. The molecule has 186 valence electrons. The van der Waals surface area contributed by atoms with E-state index in [4.69, 9.17) is 14.7 Å². The van der Waals surface area contributed by atoms with Crippen LogP contribution >= 0.6 is 0 Å². The lowest BCUT2D eigenvalue weighted by Gasteiger charge is -2.28. The second-order valence-electron chi connectivity index (χ2n) is 9.38. The second kappa shape index (κ2) is 11.6. The SMILES string of the molecule is CCC(Nc1nc(Nc2ccc(OC)c(F)c2)nc(N(C)C2CCCCCC2)n1)C1CCCN1. The van der Waals surface area contributed by atoms with E-state index < -0.39 is 5.82 Å². The van der Waals surface area contributed by atoms with Crippen molar-refractivity contribution in [3.05, 3.63) is 24.0 Å². The number of ether oxygens (including phenoxy) is 1. The van der Waals surface area contributed by atoms with Crippen molar-refractivity contribution in [3.63, 3.8) is 0 Å². The maximum atomic E-state index is 14.3. The van der Waals surface area contributed by atoms with Gasteiger partial charge in [-0.2, -0.15) is 15.0 Å². The number of nitrogens with one attached hydrogen (secondary N) is 3. The molecule has 2 fully saturated rings. The molecule has 0 bridgehead atoms. The minimum atomic E-state index is -0.436. The number of hydrogen-bond donors (Lipinski definition) is 3. The molecular weight excluding hydrogens is 433 g/mol. The van der Waals surface area contributed by atoms with Gasteiger partial charge in [-0.1, -0.05) is 32.6 Å². The highest BCUT2D eigenvalue weighted by molar-refractivity contribution is 5.57. The summed E-state index contributed by atoms with van der Waals surface area (Å²) in [5, 5.41) is 10.3. The molecule has 0 amide bonds. The first-order valence-corrected chi connectivity index (χ1v) is 12.7. The van der Waals surface area contributed by atoms with Crippen molar-refractivity contribution in [2.45, 2.75) is 82.8 Å². The topological polar surface area (TPSA) is 87.2 Å². The van der Waals surface area contributed by atoms with E-state index in [2.05, 4.69) is 39.8 Å². The highest BCUT2D eigenvalue weighted by atomic mass is 19.1. The van der Waals surface area contributed by atoms with E-state index in [-0.39, 0.29) is 11.8 Å². The number of nitrogens with zero attached hydrogens (tertiary/aromatic N) is 4. The van der Waals surface area contributed by atoms with Crippen LogP contribution in [-0.2, 0) is 0 Å². The van der Waals surface area contributed by atoms with Crippen LogP contribution in [0.1, 0.15) is 64.7 Å². The van der Waals surface area contributed by atoms with E-state index in [0.29, 0.717) is 35.6 Å². The third-order valence-electron chi connectivity index (χ3n) is 7.06. The van der Waals surface area contributed by atoms with Gasteiger partial charge in [0.25, 0.3) is 0 Å². The predicted molar refractivity (Wildman–Crippen MR) is 135 cm³/mol. The number of benzene rings is 1. The summed E-state index contributed by atoms with van der Waals surface area (Å²) < 4.78 is 19.3. The quantitative estimate of drug-likeness (QED) is 0.447. The molecule has 9 heteroatoms. The normalized spacial score (nSPS) is 19.9. The molecule has 2 aromatic rings. The molecule has 4 rings (SSSR count). The molecule has 1 aromatic carbocycles. The standard InChI is InChI=1S/C25H38FN7O/c1-4-20(21-12-9-15-27-21)29-24-30-23(28-17-13-14-22(34-3)19(26)16-17)31-25(32-24)33(2)18-10-7-5-6-8-11-18/h13-14,16,18,20-21,27H,4-12,15H2,1-3H3,(H2,28,29,30,31,32). The lowest BCUT2D eigenvalue weighted by molar-refractivity contribution is 0.386. The summed E-state index contributed by atoms with van der Waals surface area (Å²) in [6.45, 7) is 3.22. The Bertz CT molecular complexity index is 929. The first-order valence-electron chi connectivity index (χ1n) is 12.7. The Morgan fingerprint density at radius 3 is 2.50 bits per heavy atom. The molecular formula is C25H38FN7O. The Balaban J connectivity index is 1.61. The van der Waals surface area contributed by atoms with Gasteiger partial charge >= 0.3 is 0 Å². The number of anilines is 4. The molecule has 0 radical (unpaired) electrons. The summed E-state index contributed by atoms with van der Waals surface area (Å²) in [6.07, 6.45) is 10.6. The van der Waals surface area contributed by atoms with Crippen molar-refractivity contribution in [1.29, 1.82) is 0 Å². The molecule has 0 spiro atoms. The molecule has 1 aliphatic heterocycles. The van der Waals surface area contributed by atoms with Crippen molar-refractivity contribution in [1.82, 2.24) is 20.3 Å². The maximum absolute atomic E-state index is 14.3. The van der Waals surface area contributed by atoms with Crippen molar-refractivity contribution in [2.75, 3.05) is 36.2 Å². The van der Waals surface area contributed by atoms with Crippen LogP contribution < -0.4 is 25.6 Å². The number of aromatic nitrogens is 3. The lowest BCUT2D eigenvalue weighted by Crippen LogP contribution is -2.40. The highest BCUT2D eigenvalue weighted by Gasteiger charge is 2.25. The molecule has 2 aliphatic rings. The van der Waals surface area contributed by atoms with Crippen LogP contribution in [-0.4, -0.2) is 53.8 Å². The predicted octanol–water partition coefficient (Wildman–Crippen LogP) is 4.86. The van der Waals surface area contributed by atoms with Crippen LogP contribution in [0.2, 0.25) is 0 Å². The van der Waals surface area contributed by atoms with Gasteiger partial charge in [-0.3, -0.25) is 0 Å². The molecule has 34 heavy (non-hydrogen) atoms. The summed E-state index contributed by atoms with van der Waals surface area (Å²) in [5.74, 6) is 1.34. The summed E-state index contributed by atoms with van der Waals surface area (Å²) >= 11 is 0. The molecule has 2 atom stereocenters. The number of hydrogen-bond acceptors (Lipinski definition) is 8. The summed E-state index contributed by atoms with van der Waals surface area (Å²) in [5.41, 5.74) is 0.558. The molecule has 8 nitrogen and oxygen atoms in total. The lowest BCUT2D eigenvalue weighted by atomic mass is 10.0. The maximum Gasteiger partial charge on any atom is 0.233 e. The molecule has 1 saturated heterocycles. The summed E-state index contributed by atoms with van der Waals surface area (Å²) in [7, 11) is 3.52. The van der Waals surface area contributed by atoms with Gasteiger partial charge in [-0.25, -0.2) is 4.39 Å². The van der Waals surface area contributed by atoms with Crippen molar-refractivity contribution >= 4 is 23.5 Å². The minimum absolute atomic E-state index is 0.201.